The molecule has 3 nitrogen and oxygen atoms in total. The number of aromatic nitrogens is 1. The lowest BCUT2D eigenvalue weighted by Gasteiger charge is -2.13. The van der Waals surface area contributed by atoms with Gasteiger partial charge in [-0.1, -0.05) is 29.8 Å². The molecule has 1 N–H and O–H groups in total. The lowest BCUT2D eigenvalue weighted by Crippen LogP contribution is -2.25. The van der Waals surface area contributed by atoms with Gasteiger partial charge in [0.15, 0.2) is 0 Å². The van der Waals surface area contributed by atoms with E-state index in [0.29, 0.717) is 28.5 Å². The third-order valence-electron chi connectivity index (χ3n) is 4.45. The van der Waals surface area contributed by atoms with Gasteiger partial charge in [-0.3, -0.25) is 4.79 Å². The van der Waals surface area contributed by atoms with Crippen LogP contribution < -0.4 is 5.32 Å². The van der Waals surface area contributed by atoms with Crippen LogP contribution in [0, 0.1) is 5.82 Å². The summed E-state index contributed by atoms with van der Waals surface area (Å²) in [6, 6.07) is 10.2. The monoisotopic (exact) mass is 370 g/mol. The normalized spacial score (nSPS) is 14.0. The molecule has 1 aromatic carbocycles. The summed E-state index contributed by atoms with van der Waals surface area (Å²) >= 11 is 1.38. The van der Waals surface area contributed by atoms with Crippen molar-refractivity contribution in [3.8, 4) is 0 Å². The molecule has 1 heterocycles. The van der Waals surface area contributed by atoms with Crippen LogP contribution in [-0.4, -0.2) is 17.4 Å². The molecule has 0 spiro atoms. The van der Waals surface area contributed by atoms with Crippen molar-refractivity contribution in [1.29, 1.82) is 0 Å². The Kier molecular flexibility index (Phi) is 6.83. The lowest BCUT2D eigenvalue weighted by atomic mass is 9.97. The molecule has 1 aliphatic carbocycles. The Labute approximate surface area is 158 Å². The minimum absolute atomic E-state index is 0.120. The highest BCUT2D eigenvalue weighted by Crippen LogP contribution is 2.25. The highest BCUT2D eigenvalue weighted by Gasteiger charge is 2.13. The fraction of sp³-hybridized carbons (Fsp3) is 0.333. The van der Waals surface area contributed by atoms with Crippen LogP contribution in [0.25, 0.3) is 0 Å². The number of halogens is 1. The van der Waals surface area contributed by atoms with Gasteiger partial charge in [-0.05, 0) is 55.9 Å². The van der Waals surface area contributed by atoms with Crippen LogP contribution >= 0.6 is 11.8 Å². The van der Waals surface area contributed by atoms with Crippen molar-refractivity contribution in [3.05, 3.63) is 71.2 Å². The molecule has 2 aromatic rings. The molecule has 0 atom stereocenters. The molecule has 1 amide bonds. The Hall–Kier alpha value is -2.14. The molecule has 0 bridgehead atoms. The minimum Gasteiger partial charge on any atom is -0.352 e. The van der Waals surface area contributed by atoms with Crippen molar-refractivity contribution >= 4 is 17.7 Å². The number of thioether (sulfide) groups is 1. The van der Waals surface area contributed by atoms with E-state index in [1.54, 1.807) is 30.5 Å². The smallest absolute Gasteiger partial charge is 0.254 e. The van der Waals surface area contributed by atoms with Crippen LogP contribution in [0.15, 0.2) is 59.3 Å². The van der Waals surface area contributed by atoms with Crippen molar-refractivity contribution in [2.75, 3.05) is 6.54 Å². The average molecular weight is 370 g/mol. The second-order valence-electron chi connectivity index (χ2n) is 6.35. The fourth-order valence-electron chi connectivity index (χ4n) is 3.00. The van der Waals surface area contributed by atoms with Crippen molar-refractivity contribution in [2.24, 2.45) is 0 Å². The standard InChI is InChI=1S/C21H23FN2OS/c22-19-11-5-4-9-17(19)15-26-21-18(10-6-13-24-21)20(25)23-14-12-16-7-2-1-3-8-16/h4-7,9-11,13H,1-3,8,12,14-15H2,(H,23,25). The Bertz CT molecular complexity index is 791. The first-order valence-electron chi connectivity index (χ1n) is 9.01. The van der Waals surface area contributed by atoms with Gasteiger partial charge < -0.3 is 5.32 Å². The molecule has 1 aliphatic rings. The number of rotatable bonds is 7. The molecule has 5 heteroatoms. The molecule has 3 rings (SSSR count). The molecular weight excluding hydrogens is 347 g/mol. The molecule has 0 unspecified atom stereocenters. The second kappa shape index (κ2) is 9.53. The first-order chi connectivity index (χ1) is 12.7. The van der Waals surface area contributed by atoms with Gasteiger partial charge in [-0.15, -0.1) is 11.8 Å². The number of amides is 1. The molecule has 136 valence electrons. The largest absolute Gasteiger partial charge is 0.352 e. The summed E-state index contributed by atoms with van der Waals surface area (Å²) in [6.07, 6.45) is 9.69. The van der Waals surface area contributed by atoms with Crippen molar-refractivity contribution in [3.63, 3.8) is 0 Å². The highest BCUT2D eigenvalue weighted by molar-refractivity contribution is 7.98. The third-order valence-corrected chi connectivity index (χ3v) is 5.51. The minimum atomic E-state index is -0.234. The maximum absolute atomic E-state index is 13.8. The first-order valence-corrected chi connectivity index (χ1v) is 10.00. The predicted octanol–water partition coefficient (Wildman–Crippen LogP) is 5.13. The van der Waals surface area contributed by atoms with Gasteiger partial charge >= 0.3 is 0 Å². The SMILES string of the molecule is O=C(NCCC1=CCCCC1)c1cccnc1SCc1ccccc1F. The van der Waals surface area contributed by atoms with Gasteiger partial charge in [-0.25, -0.2) is 9.37 Å². The maximum atomic E-state index is 13.8. The van der Waals surface area contributed by atoms with Crippen LogP contribution in [0.2, 0.25) is 0 Å². The number of benzene rings is 1. The van der Waals surface area contributed by atoms with E-state index in [9.17, 15) is 9.18 Å². The van der Waals surface area contributed by atoms with Gasteiger partial charge in [0.1, 0.15) is 10.8 Å². The van der Waals surface area contributed by atoms with Gasteiger partial charge in [0.2, 0.25) is 0 Å². The average Bonchev–Trinajstić information content (AvgIpc) is 2.68. The van der Waals surface area contributed by atoms with Gasteiger partial charge in [0.25, 0.3) is 5.91 Å². The molecular formula is C21H23FN2OS. The lowest BCUT2D eigenvalue weighted by molar-refractivity contribution is 0.0950. The van der Waals surface area contributed by atoms with E-state index in [1.807, 2.05) is 6.07 Å². The van der Waals surface area contributed by atoms with Gasteiger partial charge in [0, 0.05) is 18.5 Å². The van der Waals surface area contributed by atoms with E-state index in [0.717, 1.165) is 19.3 Å². The summed E-state index contributed by atoms with van der Waals surface area (Å²) in [5.74, 6) is 0.0878. The summed E-state index contributed by atoms with van der Waals surface area (Å²) in [5.41, 5.74) is 2.60. The Morgan fingerprint density at radius 2 is 2.08 bits per heavy atom. The van der Waals surface area contributed by atoms with E-state index in [-0.39, 0.29) is 11.7 Å². The summed E-state index contributed by atoms with van der Waals surface area (Å²) in [5, 5.41) is 3.62. The summed E-state index contributed by atoms with van der Waals surface area (Å²) < 4.78 is 13.8. The van der Waals surface area contributed by atoms with Crippen LogP contribution in [0.5, 0.6) is 0 Å². The van der Waals surface area contributed by atoms with Crippen LogP contribution in [0.3, 0.4) is 0 Å². The zero-order valence-electron chi connectivity index (χ0n) is 14.7. The topological polar surface area (TPSA) is 42.0 Å². The van der Waals surface area contributed by atoms with E-state index in [2.05, 4.69) is 16.4 Å². The highest BCUT2D eigenvalue weighted by atomic mass is 32.2. The van der Waals surface area contributed by atoms with E-state index >= 15 is 0 Å². The summed E-state index contributed by atoms with van der Waals surface area (Å²) in [7, 11) is 0. The third kappa shape index (κ3) is 5.18. The molecule has 0 saturated carbocycles. The molecule has 1 aromatic heterocycles. The Balaban J connectivity index is 1.58. The number of hydrogen-bond donors (Lipinski definition) is 1. The number of hydrogen-bond acceptors (Lipinski definition) is 3. The van der Waals surface area contributed by atoms with Gasteiger partial charge in [0.05, 0.1) is 5.56 Å². The Morgan fingerprint density at radius 1 is 1.19 bits per heavy atom. The fourth-order valence-corrected chi connectivity index (χ4v) is 3.98. The van der Waals surface area contributed by atoms with Crippen LogP contribution in [0.4, 0.5) is 4.39 Å². The quantitative estimate of drug-likeness (QED) is 0.542. The number of allylic oxidation sites excluding steroid dienone is 1. The summed E-state index contributed by atoms with van der Waals surface area (Å²) in [6.45, 7) is 0.636. The predicted molar refractivity (Wildman–Crippen MR) is 104 cm³/mol. The van der Waals surface area contributed by atoms with Crippen LogP contribution in [-0.2, 0) is 5.75 Å². The molecule has 0 radical (unpaired) electrons. The number of carbonyl (C=O) groups is 1. The van der Waals surface area contributed by atoms with Crippen molar-refractivity contribution in [2.45, 2.75) is 42.9 Å². The van der Waals surface area contributed by atoms with Crippen molar-refractivity contribution in [1.82, 2.24) is 10.3 Å². The first kappa shape index (κ1) is 18.6. The van der Waals surface area contributed by atoms with Crippen LogP contribution in [0.1, 0.15) is 48.0 Å². The molecule has 0 aliphatic heterocycles. The number of nitrogens with zero attached hydrogens (tertiary/aromatic N) is 1. The maximum Gasteiger partial charge on any atom is 0.254 e. The van der Waals surface area contributed by atoms with Gasteiger partial charge in [-0.2, -0.15) is 0 Å². The van der Waals surface area contributed by atoms with E-state index < -0.39 is 0 Å². The zero-order chi connectivity index (χ0) is 18.2. The molecule has 0 fully saturated rings. The molecule has 26 heavy (non-hydrogen) atoms. The second-order valence-corrected chi connectivity index (χ2v) is 7.31. The molecule has 0 saturated heterocycles. The zero-order valence-corrected chi connectivity index (χ0v) is 15.5. The van der Waals surface area contributed by atoms with E-state index in [4.69, 9.17) is 0 Å². The van der Waals surface area contributed by atoms with Crippen molar-refractivity contribution < 1.29 is 9.18 Å². The number of carbonyl (C=O) groups excluding carboxylic acids is 1. The summed E-state index contributed by atoms with van der Waals surface area (Å²) in [4.78, 5) is 16.8. The number of nitrogens with one attached hydrogen (secondary N) is 1. The van der Waals surface area contributed by atoms with E-state index in [1.165, 1.54) is 36.2 Å². The Morgan fingerprint density at radius 3 is 2.88 bits per heavy atom. The number of pyridine rings is 1.